The van der Waals surface area contributed by atoms with Crippen molar-refractivity contribution < 1.29 is 9.90 Å². The zero-order valence-corrected chi connectivity index (χ0v) is 9.22. The number of halogens is 1. The van der Waals surface area contributed by atoms with Gasteiger partial charge in [0.1, 0.15) is 10.3 Å². The lowest BCUT2D eigenvalue weighted by molar-refractivity contribution is 0.0695. The lowest BCUT2D eigenvalue weighted by atomic mass is 10.2. The van der Waals surface area contributed by atoms with E-state index >= 15 is 0 Å². The maximum Gasteiger partial charge on any atom is 0.341 e. The second kappa shape index (κ2) is 3.36. The Morgan fingerprint density at radius 3 is 2.87 bits per heavy atom. The van der Waals surface area contributed by atoms with Crippen LogP contribution in [0, 0.1) is 0 Å². The lowest BCUT2D eigenvalue weighted by Crippen LogP contribution is -2.16. The summed E-state index contributed by atoms with van der Waals surface area (Å²) < 4.78 is 2.44. The Kier molecular flexibility index (Phi) is 2.28. The van der Waals surface area contributed by atoms with E-state index in [4.69, 9.17) is 16.7 Å². The number of thiophene rings is 1. The summed E-state index contributed by atoms with van der Waals surface area (Å²) in [5.74, 6) is -1.22. The lowest BCUT2D eigenvalue weighted by Gasteiger charge is -2.01. The molecule has 4 nitrogen and oxygen atoms in total. The maximum atomic E-state index is 11.7. The number of pyridine rings is 1. The summed E-state index contributed by atoms with van der Waals surface area (Å²) in [6, 6.07) is 1.65. The molecule has 0 atom stereocenters. The number of hydrogen-bond donors (Lipinski definition) is 1. The van der Waals surface area contributed by atoms with Crippen LogP contribution in [0.5, 0.6) is 0 Å². The third kappa shape index (κ3) is 1.53. The van der Waals surface area contributed by atoms with E-state index in [1.165, 1.54) is 6.20 Å². The van der Waals surface area contributed by atoms with E-state index in [0.29, 0.717) is 14.6 Å². The van der Waals surface area contributed by atoms with Crippen molar-refractivity contribution in [3.8, 4) is 0 Å². The molecule has 0 fully saturated rings. The number of nitrogens with zero attached hydrogens (tertiary/aromatic N) is 1. The number of aryl methyl sites for hydroxylation is 1. The van der Waals surface area contributed by atoms with Crippen LogP contribution in [0.1, 0.15) is 10.4 Å². The van der Waals surface area contributed by atoms with Crippen molar-refractivity contribution in [1.29, 1.82) is 0 Å². The number of rotatable bonds is 1. The first-order valence-electron chi connectivity index (χ1n) is 4.02. The molecule has 2 rings (SSSR count). The first-order valence-corrected chi connectivity index (χ1v) is 5.22. The van der Waals surface area contributed by atoms with Gasteiger partial charge in [0.25, 0.3) is 0 Å². The molecule has 1 N–H and O–H groups in total. The average molecular weight is 244 g/mol. The van der Waals surface area contributed by atoms with E-state index in [-0.39, 0.29) is 5.56 Å². The molecule has 0 unspecified atom stereocenters. The summed E-state index contributed by atoms with van der Waals surface area (Å²) in [7, 11) is 1.68. The van der Waals surface area contributed by atoms with Crippen LogP contribution in [0.2, 0.25) is 4.34 Å². The Morgan fingerprint density at radius 2 is 2.27 bits per heavy atom. The first kappa shape index (κ1) is 10.2. The maximum absolute atomic E-state index is 11.7. The van der Waals surface area contributed by atoms with E-state index in [2.05, 4.69) is 0 Å². The van der Waals surface area contributed by atoms with Gasteiger partial charge in [-0.15, -0.1) is 11.3 Å². The third-order valence-electron chi connectivity index (χ3n) is 2.07. The zero-order valence-electron chi connectivity index (χ0n) is 7.65. The van der Waals surface area contributed by atoms with Crippen molar-refractivity contribution >= 4 is 39.1 Å². The Labute approximate surface area is 93.3 Å². The molecule has 2 aromatic heterocycles. The van der Waals surface area contributed by atoms with Crippen molar-refractivity contribution in [2.75, 3.05) is 0 Å². The second-order valence-corrected chi connectivity index (χ2v) is 4.74. The molecule has 2 heterocycles. The highest BCUT2D eigenvalue weighted by Gasteiger charge is 2.15. The summed E-state index contributed by atoms with van der Waals surface area (Å²) in [5.41, 5.74) is -0.0592. The highest BCUT2D eigenvalue weighted by atomic mass is 35.5. The highest BCUT2D eigenvalue weighted by molar-refractivity contribution is 7.22. The van der Waals surface area contributed by atoms with Crippen LogP contribution in [0.4, 0.5) is 0 Å². The molecule has 0 saturated carbocycles. The van der Waals surface area contributed by atoms with Gasteiger partial charge in [-0.3, -0.25) is 4.79 Å². The van der Waals surface area contributed by atoms with Crippen LogP contribution < -0.4 is 5.43 Å². The molecule has 0 saturated heterocycles. The number of hydrogen-bond acceptors (Lipinski definition) is 3. The van der Waals surface area contributed by atoms with E-state index in [0.717, 1.165) is 11.3 Å². The van der Waals surface area contributed by atoms with Crippen LogP contribution in [0.15, 0.2) is 17.1 Å². The molecule has 0 bridgehead atoms. The summed E-state index contributed by atoms with van der Waals surface area (Å²) in [4.78, 5) is 22.5. The molecule has 0 aliphatic carbocycles. The van der Waals surface area contributed by atoms with Crippen LogP contribution in [-0.4, -0.2) is 15.6 Å². The molecular formula is C9H6ClNO3S. The summed E-state index contributed by atoms with van der Waals surface area (Å²) in [6.07, 6.45) is 1.30. The van der Waals surface area contributed by atoms with Gasteiger partial charge < -0.3 is 9.67 Å². The van der Waals surface area contributed by atoms with Crippen LogP contribution in [0.3, 0.4) is 0 Å². The van der Waals surface area contributed by atoms with E-state index in [1.807, 2.05) is 0 Å². The standard InChI is InChI=1S/C9H6ClNO3S/c1-11-3-4(9(13)14)7(12)8-5(11)2-6(10)15-8/h2-3H,1H3,(H,13,14). The number of aromatic carboxylic acids is 1. The quantitative estimate of drug-likeness (QED) is 0.833. The molecule has 15 heavy (non-hydrogen) atoms. The summed E-state index contributed by atoms with van der Waals surface area (Å²) in [5, 5.41) is 8.81. The van der Waals surface area contributed by atoms with E-state index in [9.17, 15) is 9.59 Å². The topological polar surface area (TPSA) is 59.3 Å². The van der Waals surface area contributed by atoms with Gasteiger partial charge in [0.2, 0.25) is 5.43 Å². The molecule has 0 aromatic carbocycles. The SMILES string of the molecule is Cn1cc(C(=O)O)c(=O)c2sc(Cl)cc21. The zero-order chi connectivity index (χ0) is 11.2. The number of aromatic nitrogens is 1. The van der Waals surface area contributed by atoms with Crippen LogP contribution in [-0.2, 0) is 7.05 Å². The van der Waals surface area contributed by atoms with Gasteiger partial charge in [-0.1, -0.05) is 11.6 Å². The fraction of sp³-hybridized carbons (Fsp3) is 0.111. The summed E-state index contributed by atoms with van der Waals surface area (Å²) in [6.45, 7) is 0. The average Bonchev–Trinajstić information content (AvgIpc) is 2.53. The predicted octanol–water partition coefficient (Wildman–Crippen LogP) is 1.95. The minimum atomic E-state index is -1.22. The van der Waals surface area contributed by atoms with Crippen molar-refractivity contribution in [1.82, 2.24) is 4.57 Å². The monoisotopic (exact) mass is 243 g/mol. The minimum absolute atomic E-state index is 0.233. The first-order chi connectivity index (χ1) is 7.00. The molecule has 0 amide bonds. The van der Waals surface area contributed by atoms with Gasteiger partial charge in [0.05, 0.1) is 9.85 Å². The van der Waals surface area contributed by atoms with Gasteiger partial charge in [-0.2, -0.15) is 0 Å². The second-order valence-electron chi connectivity index (χ2n) is 3.05. The van der Waals surface area contributed by atoms with Crippen molar-refractivity contribution in [3.05, 3.63) is 32.4 Å². The highest BCUT2D eigenvalue weighted by Crippen LogP contribution is 2.26. The predicted molar refractivity (Wildman–Crippen MR) is 59.0 cm³/mol. The van der Waals surface area contributed by atoms with Gasteiger partial charge in [0.15, 0.2) is 0 Å². The van der Waals surface area contributed by atoms with Crippen LogP contribution in [0.25, 0.3) is 10.2 Å². The Bertz CT molecular complexity index is 614. The number of fused-ring (bicyclic) bond motifs is 1. The van der Waals surface area contributed by atoms with Crippen molar-refractivity contribution in [2.24, 2.45) is 7.05 Å². The number of carboxylic acids is 1. The van der Waals surface area contributed by atoms with E-state index < -0.39 is 11.4 Å². The number of carboxylic acid groups (broad SMARTS) is 1. The van der Waals surface area contributed by atoms with Gasteiger partial charge in [-0.05, 0) is 6.07 Å². The van der Waals surface area contributed by atoms with Gasteiger partial charge >= 0.3 is 5.97 Å². The Balaban J connectivity index is 2.96. The van der Waals surface area contributed by atoms with Gasteiger partial charge in [-0.25, -0.2) is 4.79 Å². The molecule has 6 heteroatoms. The number of carbonyl (C=O) groups is 1. The fourth-order valence-corrected chi connectivity index (χ4v) is 2.58. The molecule has 0 aliphatic rings. The molecule has 78 valence electrons. The summed E-state index contributed by atoms with van der Waals surface area (Å²) >= 11 is 6.87. The third-order valence-corrected chi connectivity index (χ3v) is 3.32. The smallest absolute Gasteiger partial charge is 0.341 e. The van der Waals surface area contributed by atoms with Gasteiger partial charge in [0, 0.05) is 13.2 Å². The van der Waals surface area contributed by atoms with Crippen molar-refractivity contribution in [2.45, 2.75) is 0 Å². The fourth-order valence-electron chi connectivity index (χ4n) is 1.37. The molecule has 2 aromatic rings. The Morgan fingerprint density at radius 1 is 1.60 bits per heavy atom. The molecule has 0 radical (unpaired) electrons. The molecule has 0 aliphatic heterocycles. The molecular weight excluding hydrogens is 238 g/mol. The van der Waals surface area contributed by atoms with Crippen molar-refractivity contribution in [3.63, 3.8) is 0 Å². The van der Waals surface area contributed by atoms with Crippen LogP contribution >= 0.6 is 22.9 Å². The minimum Gasteiger partial charge on any atom is -0.477 e. The molecule has 0 spiro atoms. The Hall–Kier alpha value is -1.33. The van der Waals surface area contributed by atoms with E-state index in [1.54, 1.807) is 17.7 Å². The normalized spacial score (nSPS) is 10.8. The largest absolute Gasteiger partial charge is 0.477 e.